The largest absolute Gasteiger partial charge is 0.489 e. The first-order valence-electron chi connectivity index (χ1n) is 7.00. The Balaban J connectivity index is 2.13. The van der Waals surface area contributed by atoms with Gasteiger partial charge < -0.3 is 10.1 Å². The fourth-order valence-electron chi connectivity index (χ4n) is 2.15. The minimum Gasteiger partial charge on any atom is -0.489 e. The van der Waals surface area contributed by atoms with Crippen molar-refractivity contribution in [3.05, 3.63) is 64.4 Å². The molecule has 0 amide bonds. The zero-order valence-electron chi connectivity index (χ0n) is 12.2. The molecule has 0 spiro atoms. The Morgan fingerprint density at radius 2 is 1.90 bits per heavy atom. The minimum absolute atomic E-state index is 0.0333. The third-order valence-corrected chi connectivity index (χ3v) is 3.51. The van der Waals surface area contributed by atoms with Gasteiger partial charge in [-0.2, -0.15) is 0 Å². The Hall–Kier alpha value is -1.58. The summed E-state index contributed by atoms with van der Waals surface area (Å²) in [4.78, 5) is 0. The normalized spacial score (nSPS) is 12.2. The lowest BCUT2D eigenvalue weighted by Crippen LogP contribution is -2.18. The molecule has 21 heavy (non-hydrogen) atoms. The minimum atomic E-state index is -0.256. The molecule has 1 atom stereocenters. The molecular weight excluding hydrogens is 289 g/mol. The molecule has 0 saturated carbocycles. The van der Waals surface area contributed by atoms with Crippen LogP contribution in [0.25, 0.3) is 0 Å². The summed E-state index contributed by atoms with van der Waals surface area (Å²) in [5.74, 6) is 0.438. The van der Waals surface area contributed by atoms with Crippen molar-refractivity contribution in [2.45, 2.75) is 26.5 Å². The molecule has 0 radical (unpaired) electrons. The third-order valence-electron chi connectivity index (χ3n) is 3.26. The summed E-state index contributed by atoms with van der Waals surface area (Å²) in [7, 11) is 0. The summed E-state index contributed by atoms with van der Waals surface area (Å²) in [6, 6.07) is 12.1. The van der Waals surface area contributed by atoms with E-state index in [9.17, 15) is 4.39 Å². The molecule has 2 aromatic rings. The summed E-state index contributed by atoms with van der Waals surface area (Å²) in [5.41, 5.74) is 1.84. The van der Waals surface area contributed by atoms with Crippen LogP contribution in [0.4, 0.5) is 4.39 Å². The molecule has 0 aliphatic heterocycles. The average Bonchev–Trinajstić information content (AvgIpc) is 2.48. The lowest BCUT2D eigenvalue weighted by atomic mass is 10.1. The van der Waals surface area contributed by atoms with E-state index in [4.69, 9.17) is 16.3 Å². The number of hydrogen-bond acceptors (Lipinski definition) is 2. The third kappa shape index (κ3) is 4.45. The average molecular weight is 308 g/mol. The maximum absolute atomic E-state index is 13.5. The van der Waals surface area contributed by atoms with Crippen LogP contribution in [-0.4, -0.2) is 6.54 Å². The van der Waals surface area contributed by atoms with Crippen LogP contribution in [0.15, 0.2) is 42.5 Å². The van der Waals surface area contributed by atoms with Crippen LogP contribution in [0.2, 0.25) is 5.02 Å². The molecule has 0 saturated heterocycles. The Morgan fingerprint density at radius 1 is 1.19 bits per heavy atom. The first-order chi connectivity index (χ1) is 10.1. The highest BCUT2D eigenvalue weighted by atomic mass is 35.5. The lowest BCUT2D eigenvalue weighted by molar-refractivity contribution is 0.299. The van der Waals surface area contributed by atoms with Gasteiger partial charge in [0.15, 0.2) is 0 Å². The SMILES string of the molecule is CCNC(C)c1cc(F)ccc1OCc1ccc(Cl)cc1. The van der Waals surface area contributed by atoms with Gasteiger partial charge in [-0.3, -0.25) is 0 Å². The molecule has 112 valence electrons. The summed E-state index contributed by atoms with van der Waals surface area (Å²) in [6.45, 7) is 5.25. The van der Waals surface area contributed by atoms with Gasteiger partial charge in [-0.05, 0) is 49.4 Å². The molecule has 0 aliphatic rings. The molecule has 0 fully saturated rings. The Kier molecular flexibility index (Phi) is 5.59. The van der Waals surface area contributed by atoms with Crippen LogP contribution in [0.3, 0.4) is 0 Å². The maximum Gasteiger partial charge on any atom is 0.124 e. The zero-order chi connectivity index (χ0) is 15.2. The topological polar surface area (TPSA) is 21.3 Å². The second-order valence-electron chi connectivity index (χ2n) is 4.88. The van der Waals surface area contributed by atoms with Gasteiger partial charge in [-0.25, -0.2) is 4.39 Å². The van der Waals surface area contributed by atoms with Gasteiger partial charge in [-0.15, -0.1) is 0 Å². The number of halogens is 2. The van der Waals surface area contributed by atoms with Gasteiger partial charge in [0.05, 0.1) is 0 Å². The van der Waals surface area contributed by atoms with E-state index >= 15 is 0 Å². The summed E-state index contributed by atoms with van der Waals surface area (Å²) in [6.07, 6.45) is 0. The monoisotopic (exact) mass is 307 g/mol. The van der Waals surface area contributed by atoms with Gasteiger partial charge >= 0.3 is 0 Å². The van der Waals surface area contributed by atoms with Gasteiger partial charge in [0.2, 0.25) is 0 Å². The fraction of sp³-hybridized carbons (Fsp3) is 0.294. The smallest absolute Gasteiger partial charge is 0.124 e. The van der Waals surface area contributed by atoms with Crippen molar-refractivity contribution in [2.24, 2.45) is 0 Å². The van der Waals surface area contributed by atoms with Gasteiger partial charge in [0.1, 0.15) is 18.2 Å². The van der Waals surface area contributed by atoms with Crippen LogP contribution in [-0.2, 0) is 6.61 Å². The predicted octanol–water partition coefficient (Wildman–Crippen LogP) is 4.73. The molecule has 0 bridgehead atoms. The van der Waals surface area contributed by atoms with E-state index in [0.717, 1.165) is 17.7 Å². The zero-order valence-corrected chi connectivity index (χ0v) is 13.0. The summed E-state index contributed by atoms with van der Waals surface area (Å²) in [5, 5.41) is 3.97. The quantitative estimate of drug-likeness (QED) is 0.833. The van der Waals surface area contributed by atoms with Crippen LogP contribution in [0.5, 0.6) is 5.75 Å². The predicted molar refractivity (Wildman–Crippen MR) is 84.3 cm³/mol. The molecule has 2 aromatic carbocycles. The first kappa shape index (κ1) is 15.8. The first-order valence-corrected chi connectivity index (χ1v) is 7.38. The van der Waals surface area contributed by atoms with E-state index in [0.29, 0.717) is 17.4 Å². The van der Waals surface area contributed by atoms with Crippen molar-refractivity contribution in [3.8, 4) is 5.75 Å². The second-order valence-corrected chi connectivity index (χ2v) is 5.31. The maximum atomic E-state index is 13.5. The molecule has 0 aromatic heterocycles. The van der Waals surface area contributed by atoms with Gasteiger partial charge in [-0.1, -0.05) is 30.7 Å². The number of hydrogen-bond donors (Lipinski definition) is 1. The van der Waals surface area contributed by atoms with E-state index in [2.05, 4.69) is 5.32 Å². The van der Waals surface area contributed by atoms with Gasteiger partial charge in [0.25, 0.3) is 0 Å². The number of nitrogens with one attached hydrogen (secondary N) is 1. The Morgan fingerprint density at radius 3 is 2.57 bits per heavy atom. The fourth-order valence-corrected chi connectivity index (χ4v) is 2.27. The van der Waals surface area contributed by atoms with E-state index in [1.807, 2.05) is 38.1 Å². The van der Waals surface area contributed by atoms with Crippen molar-refractivity contribution >= 4 is 11.6 Å². The number of benzene rings is 2. The summed E-state index contributed by atoms with van der Waals surface area (Å²) < 4.78 is 19.3. The Bertz CT molecular complexity index is 586. The van der Waals surface area contributed by atoms with E-state index in [-0.39, 0.29) is 11.9 Å². The van der Waals surface area contributed by atoms with E-state index < -0.39 is 0 Å². The molecular formula is C17H19ClFNO. The summed E-state index contributed by atoms with van der Waals surface area (Å²) >= 11 is 5.86. The highest BCUT2D eigenvalue weighted by molar-refractivity contribution is 6.30. The van der Waals surface area contributed by atoms with Crippen molar-refractivity contribution in [1.29, 1.82) is 0 Å². The molecule has 0 heterocycles. The van der Waals surface area contributed by atoms with Crippen LogP contribution in [0, 0.1) is 5.82 Å². The molecule has 4 heteroatoms. The van der Waals surface area contributed by atoms with Crippen molar-refractivity contribution in [1.82, 2.24) is 5.32 Å². The van der Waals surface area contributed by atoms with Crippen LogP contribution in [0.1, 0.15) is 31.0 Å². The van der Waals surface area contributed by atoms with Gasteiger partial charge in [0, 0.05) is 16.6 Å². The molecule has 2 rings (SSSR count). The second kappa shape index (κ2) is 7.43. The molecule has 0 aliphatic carbocycles. The highest BCUT2D eigenvalue weighted by Crippen LogP contribution is 2.27. The lowest BCUT2D eigenvalue weighted by Gasteiger charge is -2.18. The molecule has 1 unspecified atom stereocenters. The van der Waals surface area contributed by atoms with Crippen LogP contribution >= 0.6 is 11.6 Å². The number of ether oxygens (including phenoxy) is 1. The van der Waals surface area contributed by atoms with E-state index in [1.165, 1.54) is 12.1 Å². The van der Waals surface area contributed by atoms with Crippen molar-refractivity contribution in [3.63, 3.8) is 0 Å². The molecule has 1 N–H and O–H groups in total. The standard InChI is InChI=1S/C17H19ClFNO/c1-3-20-12(2)16-10-15(19)8-9-17(16)21-11-13-4-6-14(18)7-5-13/h4-10,12,20H,3,11H2,1-2H3. The van der Waals surface area contributed by atoms with Crippen molar-refractivity contribution in [2.75, 3.05) is 6.54 Å². The number of rotatable bonds is 6. The van der Waals surface area contributed by atoms with Crippen LogP contribution < -0.4 is 10.1 Å². The molecule has 2 nitrogen and oxygen atoms in total. The van der Waals surface area contributed by atoms with E-state index in [1.54, 1.807) is 6.07 Å². The van der Waals surface area contributed by atoms with Crippen molar-refractivity contribution < 1.29 is 9.13 Å². The Labute approximate surface area is 129 Å². The highest BCUT2D eigenvalue weighted by Gasteiger charge is 2.12.